The van der Waals surface area contributed by atoms with Crippen molar-refractivity contribution in [2.45, 2.75) is 129 Å². The third-order valence-electron chi connectivity index (χ3n) is 8.81. The second kappa shape index (κ2) is 18.0. The summed E-state index contributed by atoms with van der Waals surface area (Å²) in [5.74, 6) is 0. The molecule has 5 heteroatoms. The van der Waals surface area contributed by atoms with E-state index >= 15 is 0 Å². The van der Waals surface area contributed by atoms with Gasteiger partial charge >= 0.3 is 0 Å². The molecule has 5 nitrogen and oxygen atoms in total. The first-order valence-electron chi connectivity index (χ1n) is 16.2. The van der Waals surface area contributed by atoms with Gasteiger partial charge in [-0.3, -0.25) is 4.90 Å². The highest BCUT2D eigenvalue weighted by Crippen LogP contribution is 2.35. The van der Waals surface area contributed by atoms with Crippen LogP contribution in [-0.4, -0.2) is 60.7 Å². The summed E-state index contributed by atoms with van der Waals surface area (Å²) in [6.07, 6.45) is 9.36. The van der Waals surface area contributed by atoms with Gasteiger partial charge in [-0.05, 0) is 43.0 Å². The molecule has 1 aliphatic rings. The SMILES string of the molecule is CCCCCCCN(C)[C@H]1[C@H](OCC(O)C(C)(C)CCCC)[C@H](OCc2ccccc2)C[C@@H]1OCc1ccccc1. The first-order chi connectivity index (χ1) is 19.9. The van der Waals surface area contributed by atoms with Crippen molar-refractivity contribution in [2.24, 2.45) is 5.41 Å². The molecule has 0 amide bonds. The van der Waals surface area contributed by atoms with Crippen LogP contribution in [-0.2, 0) is 27.4 Å². The van der Waals surface area contributed by atoms with Gasteiger partial charge in [0.05, 0.1) is 44.2 Å². The average Bonchev–Trinajstić information content (AvgIpc) is 3.34. The summed E-state index contributed by atoms with van der Waals surface area (Å²) in [5, 5.41) is 11.2. The normalized spacial score (nSPS) is 21.9. The van der Waals surface area contributed by atoms with Gasteiger partial charge in [-0.2, -0.15) is 0 Å². The van der Waals surface area contributed by atoms with E-state index in [1.54, 1.807) is 0 Å². The molecule has 1 saturated carbocycles. The molecular weight excluding hydrogens is 510 g/mol. The quantitative estimate of drug-likeness (QED) is 0.166. The van der Waals surface area contributed by atoms with Crippen molar-refractivity contribution < 1.29 is 19.3 Å². The molecule has 0 radical (unpaired) electrons. The Labute approximate surface area is 250 Å². The number of hydrogen-bond donors (Lipinski definition) is 1. The lowest BCUT2D eigenvalue weighted by atomic mass is 9.82. The van der Waals surface area contributed by atoms with Crippen LogP contribution in [0.25, 0.3) is 0 Å². The maximum absolute atomic E-state index is 11.2. The minimum absolute atomic E-state index is 0.0214. The van der Waals surface area contributed by atoms with Crippen LogP contribution in [0.4, 0.5) is 0 Å². The van der Waals surface area contributed by atoms with Gasteiger partial charge in [0, 0.05) is 6.42 Å². The van der Waals surface area contributed by atoms with Gasteiger partial charge in [-0.25, -0.2) is 0 Å². The zero-order valence-corrected chi connectivity index (χ0v) is 26.5. The Morgan fingerprint density at radius 3 is 1.93 bits per heavy atom. The third-order valence-corrected chi connectivity index (χ3v) is 8.81. The van der Waals surface area contributed by atoms with E-state index in [2.05, 4.69) is 88.2 Å². The maximum atomic E-state index is 11.2. The van der Waals surface area contributed by atoms with Crippen molar-refractivity contribution in [3.63, 3.8) is 0 Å². The third kappa shape index (κ3) is 11.1. The van der Waals surface area contributed by atoms with Crippen LogP contribution >= 0.6 is 0 Å². The zero-order valence-electron chi connectivity index (χ0n) is 26.5. The fourth-order valence-electron chi connectivity index (χ4n) is 5.90. The lowest BCUT2D eigenvalue weighted by Crippen LogP contribution is -2.49. The molecule has 5 atom stereocenters. The predicted octanol–water partition coefficient (Wildman–Crippen LogP) is 7.79. The summed E-state index contributed by atoms with van der Waals surface area (Å²) in [6, 6.07) is 20.8. The zero-order chi connectivity index (χ0) is 29.5. The number of aliphatic hydroxyl groups is 1. The van der Waals surface area contributed by atoms with Crippen LogP contribution in [0, 0.1) is 5.41 Å². The van der Waals surface area contributed by atoms with Gasteiger partial charge in [-0.15, -0.1) is 0 Å². The average molecular weight is 568 g/mol. The lowest BCUT2D eigenvalue weighted by molar-refractivity contribution is -0.121. The van der Waals surface area contributed by atoms with Gasteiger partial charge in [0.25, 0.3) is 0 Å². The molecule has 1 N–H and O–H groups in total. The number of ether oxygens (including phenoxy) is 3. The molecule has 0 heterocycles. The Bertz CT molecular complexity index is 937. The van der Waals surface area contributed by atoms with Crippen LogP contribution in [0.2, 0.25) is 0 Å². The fraction of sp³-hybridized carbons (Fsp3) is 0.667. The van der Waals surface area contributed by atoms with Crippen molar-refractivity contribution in [3.8, 4) is 0 Å². The van der Waals surface area contributed by atoms with Crippen molar-refractivity contribution in [2.75, 3.05) is 20.2 Å². The summed E-state index contributed by atoms with van der Waals surface area (Å²) >= 11 is 0. The minimum Gasteiger partial charge on any atom is -0.390 e. The summed E-state index contributed by atoms with van der Waals surface area (Å²) < 4.78 is 19.9. The monoisotopic (exact) mass is 567 g/mol. The van der Waals surface area contributed by atoms with Crippen LogP contribution < -0.4 is 0 Å². The number of hydrogen-bond acceptors (Lipinski definition) is 5. The Kier molecular flexibility index (Phi) is 14.8. The van der Waals surface area contributed by atoms with Gasteiger partial charge in [0.2, 0.25) is 0 Å². The van der Waals surface area contributed by atoms with E-state index in [4.69, 9.17) is 14.2 Å². The molecule has 1 aliphatic carbocycles. The molecule has 41 heavy (non-hydrogen) atoms. The highest BCUT2D eigenvalue weighted by atomic mass is 16.6. The summed E-state index contributed by atoms with van der Waals surface area (Å²) in [4.78, 5) is 2.44. The Morgan fingerprint density at radius 1 is 0.780 bits per heavy atom. The number of nitrogens with zero attached hydrogens (tertiary/aromatic N) is 1. The molecule has 2 aromatic carbocycles. The van der Waals surface area contributed by atoms with E-state index in [1.165, 1.54) is 31.2 Å². The van der Waals surface area contributed by atoms with Crippen LogP contribution in [0.3, 0.4) is 0 Å². The summed E-state index contributed by atoms with van der Waals surface area (Å²) in [6.45, 7) is 11.2. The van der Waals surface area contributed by atoms with E-state index in [9.17, 15) is 5.11 Å². The van der Waals surface area contributed by atoms with Gasteiger partial charge in [0.15, 0.2) is 0 Å². The number of aliphatic hydroxyl groups excluding tert-OH is 1. The van der Waals surface area contributed by atoms with E-state index in [1.807, 2.05) is 12.1 Å². The van der Waals surface area contributed by atoms with E-state index < -0.39 is 6.10 Å². The lowest BCUT2D eigenvalue weighted by Gasteiger charge is -2.36. The largest absolute Gasteiger partial charge is 0.390 e. The summed E-state index contributed by atoms with van der Waals surface area (Å²) in [5.41, 5.74) is 2.13. The molecule has 0 aromatic heterocycles. The second-order valence-electron chi connectivity index (χ2n) is 12.7. The topological polar surface area (TPSA) is 51.2 Å². The van der Waals surface area contributed by atoms with Crippen LogP contribution in [0.15, 0.2) is 60.7 Å². The molecule has 0 aliphatic heterocycles. The molecule has 1 fully saturated rings. The van der Waals surface area contributed by atoms with Crippen molar-refractivity contribution >= 4 is 0 Å². The molecule has 3 rings (SSSR count). The Hall–Kier alpha value is -1.76. The van der Waals surface area contributed by atoms with Crippen LogP contribution in [0.1, 0.15) is 96.6 Å². The van der Waals surface area contributed by atoms with Crippen molar-refractivity contribution in [1.29, 1.82) is 0 Å². The van der Waals surface area contributed by atoms with Crippen molar-refractivity contribution in [3.05, 3.63) is 71.8 Å². The molecule has 0 bridgehead atoms. The van der Waals surface area contributed by atoms with Gasteiger partial charge in [0.1, 0.15) is 6.10 Å². The molecular formula is C36H57NO4. The van der Waals surface area contributed by atoms with E-state index in [0.717, 1.165) is 44.2 Å². The molecule has 0 spiro atoms. The first kappa shape index (κ1) is 33.7. The van der Waals surface area contributed by atoms with Crippen LogP contribution in [0.5, 0.6) is 0 Å². The highest BCUT2D eigenvalue weighted by Gasteiger charge is 2.48. The Balaban J connectivity index is 1.77. The maximum Gasteiger partial charge on any atom is 0.102 e. The van der Waals surface area contributed by atoms with E-state index in [-0.39, 0.29) is 29.8 Å². The van der Waals surface area contributed by atoms with Gasteiger partial charge in [-0.1, -0.05) is 127 Å². The van der Waals surface area contributed by atoms with Crippen molar-refractivity contribution in [1.82, 2.24) is 4.90 Å². The predicted molar refractivity (Wildman–Crippen MR) is 169 cm³/mol. The summed E-state index contributed by atoms with van der Waals surface area (Å²) in [7, 11) is 2.21. The fourth-order valence-corrected chi connectivity index (χ4v) is 5.90. The smallest absolute Gasteiger partial charge is 0.102 e. The molecule has 2 aromatic rings. The minimum atomic E-state index is -0.534. The molecule has 1 unspecified atom stereocenters. The van der Waals surface area contributed by atoms with Gasteiger partial charge < -0.3 is 19.3 Å². The number of rotatable bonds is 20. The number of likely N-dealkylation sites (N-methyl/N-ethyl adjacent to an activating group) is 1. The molecule has 230 valence electrons. The number of unbranched alkanes of at least 4 members (excludes halogenated alkanes) is 5. The second-order valence-corrected chi connectivity index (χ2v) is 12.7. The Morgan fingerprint density at radius 2 is 1.34 bits per heavy atom. The number of benzene rings is 2. The molecule has 0 saturated heterocycles. The standard InChI is InChI=1S/C36H57NO4/c1-6-8-10-11-18-24-37(5)34-31(39-26-29-19-14-12-15-20-29)25-32(40-27-30-21-16-13-17-22-30)35(34)41-28-33(38)36(3,4)23-9-7-2/h12-17,19-22,31-35,38H,6-11,18,23-28H2,1-5H3/t31-,32+,33?,34+,35+/m0/s1. The van der Waals surface area contributed by atoms with E-state index in [0.29, 0.717) is 19.8 Å². The first-order valence-corrected chi connectivity index (χ1v) is 16.2. The highest BCUT2D eigenvalue weighted by molar-refractivity contribution is 5.15.